The maximum Gasteiger partial charge on any atom is 0.224 e. The van der Waals surface area contributed by atoms with E-state index >= 15 is 0 Å². The number of nitrogens with zero attached hydrogens (tertiary/aromatic N) is 1. The van der Waals surface area contributed by atoms with Crippen LogP contribution in [0.2, 0.25) is 0 Å². The van der Waals surface area contributed by atoms with E-state index in [9.17, 15) is 4.79 Å². The summed E-state index contributed by atoms with van der Waals surface area (Å²) in [6.45, 7) is 2.36. The molecule has 4 nitrogen and oxygen atoms in total. The Kier molecular flexibility index (Phi) is 4.07. The molecule has 1 aromatic heterocycles. The quantitative estimate of drug-likeness (QED) is 0.712. The summed E-state index contributed by atoms with van der Waals surface area (Å²) in [4.78, 5) is 15.3. The van der Waals surface area contributed by atoms with E-state index in [2.05, 4.69) is 10.3 Å². The minimum absolute atomic E-state index is 0.00662. The first-order valence-corrected chi connectivity index (χ1v) is 4.59. The maximum atomic E-state index is 11.3. The third-order valence-corrected chi connectivity index (χ3v) is 1.71. The van der Waals surface area contributed by atoms with Crippen LogP contribution in [0.3, 0.4) is 0 Å². The average molecular weight is 193 g/mol. The molecule has 0 aliphatic carbocycles. The Morgan fingerprint density at radius 3 is 3.07 bits per heavy atom. The highest BCUT2D eigenvalue weighted by molar-refractivity contribution is 5.78. The number of nitrogens with two attached hydrogens (primary N) is 1. The van der Waals surface area contributed by atoms with Crippen LogP contribution < -0.4 is 11.1 Å². The zero-order chi connectivity index (χ0) is 10.4. The highest BCUT2D eigenvalue weighted by atomic mass is 16.1. The van der Waals surface area contributed by atoms with Gasteiger partial charge in [0.05, 0.1) is 6.42 Å². The van der Waals surface area contributed by atoms with Crippen LogP contribution in [-0.4, -0.2) is 23.5 Å². The molecule has 1 atom stereocenters. The molecule has 0 saturated heterocycles. The topological polar surface area (TPSA) is 68.0 Å². The number of carbonyl (C=O) groups excluding carboxylic acids is 1. The fourth-order valence-electron chi connectivity index (χ4n) is 1.03. The fraction of sp³-hybridized carbons (Fsp3) is 0.400. The lowest BCUT2D eigenvalue weighted by Crippen LogP contribution is -2.35. The molecule has 0 spiro atoms. The van der Waals surface area contributed by atoms with Crippen LogP contribution in [0.15, 0.2) is 24.5 Å². The third-order valence-electron chi connectivity index (χ3n) is 1.71. The molecule has 4 heteroatoms. The Morgan fingerprint density at radius 2 is 2.50 bits per heavy atom. The Hall–Kier alpha value is -1.42. The molecule has 76 valence electrons. The van der Waals surface area contributed by atoms with Crippen molar-refractivity contribution in [1.29, 1.82) is 0 Å². The predicted octanol–water partition coefficient (Wildman–Crippen LogP) is 0.0875. The molecule has 1 rings (SSSR count). The SMILES string of the molecule is CC(N)CNC(=O)Cc1cccnc1. The first-order valence-electron chi connectivity index (χ1n) is 4.59. The molecule has 1 aromatic rings. The lowest BCUT2D eigenvalue weighted by molar-refractivity contribution is -0.120. The van der Waals surface area contributed by atoms with Gasteiger partial charge in [0.25, 0.3) is 0 Å². The molecule has 0 radical (unpaired) electrons. The van der Waals surface area contributed by atoms with Crippen molar-refractivity contribution in [3.8, 4) is 0 Å². The minimum atomic E-state index is -0.0182. The number of hydrogen-bond donors (Lipinski definition) is 2. The Balaban J connectivity index is 2.35. The van der Waals surface area contributed by atoms with Crippen molar-refractivity contribution < 1.29 is 4.79 Å². The molecular weight excluding hydrogens is 178 g/mol. The van der Waals surface area contributed by atoms with Crippen molar-refractivity contribution in [3.63, 3.8) is 0 Å². The summed E-state index contributed by atoms with van der Waals surface area (Å²) in [7, 11) is 0. The van der Waals surface area contributed by atoms with Crippen LogP contribution in [-0.2, 0) is 11.2 Å². The van der Waals surface area contributed by atoms with Gasteiger partial charge in [-0.2, -0.15) is 0 Å². The van der Waals surface area contributed by atoms with Crippen molar-refractivity contribution in [2.75, 3.05) is 6.54 Å². The zero-order valence-corrected chi connectivity index (χ0v) is 8.23. The van der Waals surface area contributed by atoms with Gasteiger partial charge in [0.15, 0.2) is 0 Å². The second-order valence-corrected chi connectivity index (χ2v) is 3.32. The monoisotopic (exact) mass is 193 g/mol. The van der Waals surface area contributed by atoms with E-state index in [4.69, 9.17) is 5.73 Å². The van der Waals surface area contributed by atoms with Crippen LogP contribution in [0.25, 0.3) is 0 Å². The van der Waals surface area contributed by atoms with Crippen molar-refractivity contribution in [3.05, 3.63) is 30.1 Å². The number of carbonyl (C=O) groups is 1. The fourth-order valence-corrected chi connectivity index (χ4v) is 1.03. The number of pyridine rings is 1. The molecule has 1 heterocycles. The van der Waals surface area contributed by atoms with E-state index in [1.54, 1.807) is 12.4 Å². The van der Waals surface area contributed by atoms with Gasteiger partial charge < -0.3 is 11.1 Å². The molecule has 1 amide bonds. The van der Waals surface area contributed by atoms with Crippen LogP contribution in [0.5, 0.6) is 0 Å². The number of aromatic nitrogens is 1. The maximum absolute atomic E-state index is 11.3. The van der Waals surface area contributed by atoms with Crippen LogP contribution in [0.1, 0.15) is 12.5 Å². The Morgan fingerprint density at radius 1 is 1.71 bits per heavy atom. The van der Waals surface area contributed by atoms with Crippen LogP contribution in [0, 0.1) is 0 Å². The molecule has 0 bridgehead atoms. The number of amides is 1. The average Bonchev–Trinajstić information content (AvgIpc) is 2.16. The normalized spacial score (nSPS) is 12.1. The largest absolute Gasteiger partial charge is 0.354 e. The van der Waals surface area contributed by atoms with Crippen LogP contribution in [0.4, 0.5) is 0 Å². The molecule has 0 aliphatic rings. The second kappa shape index (κ2) is 5.34. The van der Waals surface area contributed by atoms with Gasteiger partial charge in [-0.3, -0.25) is 9.78 Å². The molecule has 0 fully saturated rings. The van der Waals surface area contributed by atoms with Crippen molar-refractivity contribution >= 4 is 5.91 Å². The first kappa shape index (κ1) is 10.7. The minimum Gasteiger partial charge on any atom is -0.354 e. The van der Waals surface area contributed by atoms with Gasteiger partial charge >= 0.3 is 0 Å². The van der Waals surface area contributed by atoms with Crippen molar-refractivity contribution in [1.82, 2.24) is 10.3 Å². The summed E-state index contributed by atoms with van der Waals surface area (Å²) in [6, 6.07) is 3.68. The second-order valence-electron chi connectivity index (χ2n) is 3.32. The molecular formula is C10H15N3O. The van der Waals surface area contributed by atoms with Gasteiger partial charge in [-0.1, -0.05) is 6.07 Å². The van der Waals surface area contributed by atoms with Gasteiger partial charge in [-0.15, -0.1) is 0 Å². The lowest BCUT2D eigenvalue weighted by Gasteiger charge is -2.07. The van der Waals surface area contributed by atoms with Crippen LogP contribution >= 0.6 is 0 Å². The van der Waals surface area contributed by atoms with Gasteiger partial charge in [-0.05, 0) is 18.6 Å². The third kappa shape index (κ3) is 4.00. The molecule has 3 N–H and O–H groups in total. The lowest BCUT2D eigenvalue weighted by atomic mass is 10.2. The van der Waals surface area contributed by atoms with Crippen molar-refractivity contribution in [2.45, 2.75) is 19.4 Å². The van der Waals surface area contributed by atoms with E-state index in [0.29, 0.717) is 13.0 Å². The van der Waals surface area contributed by atoms with Crippen molar-refractivity contribution in [2.24, 2.45) is 5.73 Å². The summed E-state index contributed by atoms with van der Waals surface area (Å²) in [5.41, 5.74) is 6.42. The summed E-state index contributed by atoms with van der Waals surface area (Å²) >= 11 is 0. The predicted molar refractivity (Wildman–Crippen MR) is 54.6 cm³/mol. The molecule has 14 heavy (non-hydrogen) atoms. The summed E-state index contributed by atoms with van der Waals surface area (Å²) in [5.74, 6) is -0.0182. The summed E-state index contributed by atoms with van der Waals surface area (Å²) < 4.78 is 0. The highest BCUT2D eigenvalue weighted by Gasteiger charge is 2.03. The summed E-state index contributed by atoms with van der Waals surface area (Å²) in [5, 5.41) is 2.74. The van der Waals surface area contributed by atoms with E-state index in [-0.39, 0.29) is 11.9 Å². The number of rotatable bonds is 4. The van der Waals surface area contributed by atoms with Gasteiger partial charge in [0.1, 0.15) is 0 Å². The first-order chi connectivity index (χ1) is 6.68. The van der Waals surface area contributed by atoms with Gasteiger partial charge in [0, 0.05) is 25.0 Å². The Labute approximate surface area is 83.5 Å². The molecule has 1 unspecified atom stereocenters. The van der Waals surface area contributed by atoms with E-state index in [1.807, 2.05) is 19.1 Å². The zero-order valence-electron chi connectivity index (χ0n) is 8.23. The smallest absolute Gasteiger partial charge is 0.224 e. The number of nitrogens with one attached hydrogen (secondary N) is 1. The molecule has 0 aromatic carbocycles. The Bertz CT molecular complexity index is 285. The van der Waals surface area contributed by atoms with E-state index in [0.717, 1.165) is 5.56 Å². The molecule has 0 aliphatic heterocycles. The van der Waals surface area contributed by atoms with E-state index in [1.165, 1.54) is 0 Å². The molecule has 0 saturated carbocycles. The van der Waals surface area contributed by atoms with Gasteiger partial charge in [-0.25, -0.2) is 0 Å². The standard InChI is InChI=1S/C10H15N3O/c1-8(11)6-13-10(14)5-9-3-2-4-12-7-9/h2-4,7-8H,5-6,11H2,1H3,(H,13,14). The summed E-state index contributed by atoms with van der Waals surface area (Å²) in [6.07, 6.45) is 3.73. The van der Waals surface area contributed by atoms with Gasteiger partial charge in [0.2, 0.25) is 5.91 Å². The number of hydrogen-bond acceptors (Lipinski definition) is 3. The van der Waals surface area contributed by atoms with E-state index < -0.39 is 0 Å². The highest BCUT2D eigenvalue weighted by Crippen LogP contribution is 1.96.